The van der Waals surface area contributed by atoms with Crippen molar-refractivity contribution in [3.63, 3.8) is 0 Å². The van der Waals surface area contributed by atoms with Gasteiger partial charge in [0, 0.05) is 56.7 Å². The van der Waals surface area contributed by atoms with E-state index in [1.807, 2.05) is 56.7 Å². The second-order valence-corrected chi connectivity index (χ2v) is 5.93. The summed E-state index contributed by atoms with van der Waals surface area (Å²) < 4.78 is 0. The molecule has 3 heterocycles. The molecule has 3 aromatic rings. The highest BCUT2D eigenvalue weighted by Crippen LogP contribution is 2.14. The van der Waals surface area contributed by atoms with Crippen LogP contribution in [-0.2, 0) is 13.0 Å². The van der Waals surface area contributed by atoms with E-state index in [0.717, 1.165) is 30.4 Å². The lowest BCUT2D eigenvalue weighted by Crippen LogP contribution is -2.23. The van der Waals surface area contributed by atoms with Crippen LogP contribution in [0.4, 0.5) is 11.8 Å². The molecule has 1 N–H and O–H groups in total. The molecule has 0 unspecified atom stereocenters. The zero-order valence-corrected chi connectivity index (χ0v) is 14.6. The van der Waals surface area contributed by atoms with Gasteiger partial charge in [0.15, 0.2) is 0 Å². The highest BCUT2D eigenvalue weighted by molar-refractivity contribution is 5.43. The predicted molar refractivity (Wildman–Crippen MR) is 99.5 cm³/mol. The number of aryl methyl sites for hydroxylation is 1. The number of hydrogen-bond acceptors (Lipinski definition) is 6. The molecule has 3 aromatic heterocycles. The van der Waals surface area contributed by atoms with E-state index in [9.17, 15) is 0 Å². The van der Waals surface area contributed by atoms with E-state index in [-0.39, 0.29) is 0 Å². The molecule has 25 heavy (non-hydrogen) atoms. The molecule has 0 aliphatic carbocycles. The maximum atomic E-state index is 4.64. The van der Waals surface area contributed by atoms with Crippen molar-refractivity contribution in [3.8, 4) is 0 Å². The summed E-state index contributed by atoms with van der Waals surface area (Å²) in [5.74, 6) is 1.56. The first-order valence-electron chi connectivity index (χ1n) is 8.29. The molecule has 0 spiro atoms. The van der Waals surface area contributed by atoms with Crippen molar-refractivity contribution in [1.82, 2.24) is 19.9 Å². The zero-order valence-electron chi connectivity index (χ0n) is 14.6. The van der Waals surface area contributed by atoms with E-state index in [2.05, 4.69) is 30.2 Å². The number of likely N-dealkylation sites (N-methyl/N-ethyl adjacent to an activating group) is 1. The van der Waals surface area contributed by atoms with Gasteiger partial charge < -0.3 is 10.2 Å². The van der Waals surface area contributed by atoms with Crippen LogP contribution in [0.1, 0.15) is 16.8 Å². The predicted octanol–water partition coefficient (Wildman–Crippen LogP) is 2.87. The van der Waals surface area contributed by atoms with Crippen molar-refractivity contribution in [3.05, 3.63) is 71.9 Å². The summed E-state index contributed by atoms with van der Waals surface area (Å²) >= 11 is 0. The monoisotopic (exact) mass is 334 g/mol. The van der Waals surface area contributed by atoms with Crippen molar-refractivity contribution in [2.75, 3.05) is 23.8 Å². The standard InChI is InChI=1S/C19H22N6/c1-15-13-18(22-14-17-5-10-21-11-6-17)24-19(23-15)25(2)12-7-16-3-8-20-9-4-16/h3-6,8-11,13H,7,12,14H2,1-2H3,(H,22,23,24). The van der Waals surface area contributed by atoms with E-state index >= 15 is 0 Å². The summed E-state index contributed by atoms with van der Waals surface area (Å²) in [6.07, 6.45) is 8.15. The normalized spacial score (nSPS) is 10.5. The minimum Gasteiger partial charge on any atom is -0.366 e. The summed E-state index contributed by atoms with van der Waals surface area (Å²) in [5, 5.41) is 3.36. The first-order chi connectivity index (χ1) is 12.2. The summed E-state index contributed by atoms with van der Waals surface area (Å²) in [4.78, 5) is 19.3. The van der Waals surface area contributed by atoms with E-state index < -0.39 is 0 Å². The van der Waals surface area contributed by atoms with Crippen molar-refractivity contribution in [1.29, 1.82) is 0 Å². The first-order valence-corrected chi connectivity index (χ1v) is 8.29. The number of aromatic nitrogens is 4. The summed E-state index contributed by atoms with van der Waals surface area (Å²) in [5.41, 5.74) is 3.36. The van der Waals surface area contributed by atoms with Crippen LogP contribution in [0.25, 0.3) is 0 Å². The van der Waals surface area contributed by atoms with Crippen LogP contribution in [-0.4, -0.2) is 33.5 Å². The lowest BCUT2D eigenvalue weighted by molar-refractivity contribution is 0.831. The molecule has 0 bridgehead atoms. The lowest BCUT2D eigenvalue weighted by atomic mass is 10.2. The fraction of sp³-hybridized carbons (Fsp3) is 0.263. The Morgan fingerprint density at radius 1 is 0.920 bits per heavy atom. The van der Waals surface area contributed by atoms with Gasteiger partial charge in [-0.2, -0.15) is 4.98 Å². The Labute approximate surface area is 148 Å². The van der Waals surface area contributed by atoms with E-state index in [1.54, 1.807) is 12.4 Å². The van der Waals surface area contributed by atoms with Crippen LogP contribution in [0.3, 0.4) is 0 Å². The van der Waals surface area contributed by atoms with Crippen LogP contribution in [0.2, 0.25) is 0 Å². The van der Waals surface area contributed by atoms with Gasteiger partial charge in [0.2, 0.25) is 5.95 Å². The summed E-state index contributed by atoms with van der Waals surface area (Å²) in [7, 11) is 2.02. The Morgan fingerprint density at radius 2 is 1.56 bits per heavy atom. The van der Waals surface area contributed by atoms with Crippen molar-refractivity contribution in [2.24, 2.45) is 0 Å². The average Bonchev–Trinajstić information content (AvgIpc) is 2.66. The van der Waals surface area contributed by atoms with Crippen molar-refractivity contribution < 1.29 is 0 Å². The second-order valence-electron chi connectivity index (χ2n) is 5.93. The minimum atomic E-state index is 0.707. The molecule has 6 nitrogen and oxygen atoms in total. The van der Waals surface area contributed by atoms with Crippen LogP contribution >= 0.6 is 0 Å². The average molecular weight is 334 g/mol. The van der Waals surface area contributed by atoms with Gasteiger partial charge in [0.1, 0.15) is 5.82 Å². The van der Waals surface area contributed by atoms with Gasteiger partial charge in [-0.3, -0.25) is 9.97 Å². The Kier molecular flexibility index (Phi) is 5.51. The topological polar surface area (TPSA) is 66.8 Å². The molecule has 0 aliphatic heterocycles. The van der Waals surface area contributed by atoms with Gasteiger partial charge in [-0.25, -0.2) is 4.98 Å². The van der Waals surface area contributed by atoms with Gasteiger partial charge >= 0.3 is 0 Å². The molecule has 0 saturated carbocycles. The van der Waals surface area contributed by atoms with Crippen LogP contribution < -0.4 is 10.2 Å². The van der Waals surface area contributed by atoms with Gasteiger partial charge in [-0.15, -0.1) is 0 Å². The molecule has 6 heteroatoms. The van der Waals surface area contributed by atoms with Crippen molar-refractivity contribution in [2.45, 2.75) is 19.9 Å². The third-order valence-corrected chi connectivity index (χ3v) is 3.89. The first kappa shape index (κ1) is 16.8. The Balaban J connectivity index is 1.64. The Morgan fingerprint density at radius 3 is 2.24 bits per heavy atom. The largest absolute Gasteiger partial charge is 0.366 e. The molecular weight excluding hydrogens is 312 g/mol. The molecule has 3 rings (SSSR count). The molecule has 0 aliphatic rings. The SMILES string of the molecule is Cc1cc(NCc2ccncc2)nc(N(C)CCc2ccncc2)n1. The maximum absolute atomic E-state index is 4.64. The van der Waals surface area contributed by atoms with Gasteiger partial charge in [-0.1, -0.05) is 0 Å². The Bertz CT molecular complexity index is 792. The summed E-state index contributed by atoms with van der Waals surface area (Å²) in [6.45, 7) is 3.54. The van der Waals surface area contributed by atoms with Gasteiger partial charge in [0.25, 0.3) is 0 Å². The smallest absolute Gasteiger partial charge is 0.227 e. The third kappa shape index (κ3) is 4.97. The zero-order chi connectivity index (χ0) is 17.5. The van der Waals surface area contributed by atoms with E-state index in [4.69, 9.17) is 0 Å². The van der Waals surface area contributed by atoms with Crippen LogP contribution in [0.5, 0.6) is 0 Å². The highest BCUT2D eigenvalue weighted by atomic mass is 15.2. The molecule has 0 saturated heterocycles. The number of nitrogens with zero attached hydrogens (tertiary/aromatic N) is 5. The fourth-order valence-corrected chi connectivity index (χ4v) is 2.45. The van der Waals surface area contributed by atoms with Crippen LogP contribution in [0.15, 0.2) is 55.1 Å². The van der Waals surface area contributed by atoms with Gasteiger partial charge in [-0.05, 0) is 48.7 Å². The van der Waals surface area contributed by atoms with Gasteiger partial charge in [0.05, 0.1) is 0 Å². The molecule has 0 atom stereocenters. The molecule has 0 radical (unpaired) electrons. The van der Waals surface area contributed by atoms with Crippen molar-refractivity contribution >= 4 is 11.8 Å². The molecule has 0 fully saturated rings. The second kappa shape index (κ2) is 8.19. The minimum absolute atomic E-state index is 0.707. The fourth-order valence-electron chi connectivity index (χ4n) is 2.45. The number of pyridine rings is 2. The molecule has 0 amide bonds. The molecular formula is C19H22N6. The highest BCUT2D eigenvalue weighted by Gasteiger charge is 2.08. The number of rotatable bonds is 7. The number of nitrogens with one attached hydrogen (secondary N) is 1. The van der Waals surface area contributed by atoms with E-state index in [1.165, 1.54) is 11.1 Å². The lowest BCUT2D eigenvalue weighted by Gasteiger charge is -2.18. The third-order valence-electron chi connectivity index (χ3n) is 3.89. The molecule has 128 valence electrons. The molecule has 0 aromatic carbocycles. The Hall–Kier alpha value is -3.02. The number of anilines is 2. The quantitative estimate of drug-likeness (QED) is 0.717. The van der Waals surface area contributed by atoms with E-state index in [0.29, 0.717) is 6.54 Å². The number of hydrogen-bond donors (Lipinski definition) is 1. The van der Waals surface area contributed by atoms with Crippen LogP contribution in [0, 0.1) is 6.92 Å². The summed E-state index contributed by atoms with van der Waals surface area (Å²) in [6, 6.07) is 10.0. The maximum Gasteiger partial charge on any atom is 0.227 e.